The number of halogens is 2. The average Bonchev–Trinajstić information content (AvgIpc) is 3.02. The van der Waals surface area contributed by atoms with Gasteiger partial charge in [-0.2, -0.15) is 9.29 Å². The summed E-state index contributed by atoms with van der Waals surface area (Å²) < 4.78 is 44.8. The molecule has 0 spiro atoms. The van der Waals surface area contributed by atoms with Crippen LogP contribution in [0.4, 0.5) is 4.39 Å². The predicted molar refractivity (Wildman–Crippen MR) is 98.1 cm³/mol. The van der Waals surface area contributed by atoms with Crippen LogP contribution >= 0.6 is 11.6 Å². The summed E-state index contributed by atoms with van der Waals surface area (Å²) in [5, 5.41) is 4.51. The summed E-state index contributed by atoms with van der Waals surface area (Å²) in [6, 6.07) is 12.7. The number of sulfonamides is 1. The van der Waals surface area contributed by atoms with Crippen molar-refractivity contribution in [3.8, 4) is 11.4 Å². The lowest BCUT2D eigenvalue weighted by Crippen LogP contribution is -2.48. The van der Waals surface area contributed by atoms with Crippen molar-refractivity contribution in [1.29, 1.82) is 0 Å². The fourth-order valence-electron chi connectivity index (χ4n) is 2.90. The Bertz CT molecular complexity index is 1080. The van der Waals surface area contributed by atoms with E-state index in [1.54, 1.807) is 24.3 Å². The van der Waals surface area contributed by atoms with E-state index < -0.39 is 15.8 Å². The van der Waals surface area contributed by atoms with Gasteiger partial charge in [0.15, 0.2) is 0 Å². The molecule has 2 heterocycles. The maximum atomic E-state index is 13.2. The van der Waals surface area contributed by atoms with Crippen molar-refractivity contribution >= 4 is 21.6 Å². The van der Waals surface area contributed by atoms with Gasteiger partial charge in [-0.25, -0.2) is 12.8 Å². The van der Waals surface area contributed by atoms with E-state index in [0.29, 0.717) is 22.3 Å². The summed E-state index contributed by atoms with van der Waals surface area (Å²) >= 11 is 5.97. The third-order valence-corrected chi connectivity index (χ3v) is 6.37. The monoisotopic (exact) mass is 407 g/mol. The second-order valence-corrected chi connectivity index (χ2v) is 8.77. The standard InChI is InChI=1S/C18H15ClFN3O3S/c19-15-5-2-4-13(8-15)17-21-18(26-22-17)14-9-23(10-14)27(24,25)11-12-3-1-6-16(20)7-12/h1-8,14H,9-11H2. The third kappa shape index (κ3) is 3.87. The molecule has 1 aromatic heterocycles. The molecule has 0 radical (unpaired) electrons. The molecular weight excluding hydrogens is 393 g/mol. The molecule has 0 amide bonds. The first-order valence-electron chi connectivity index (χ1n) is 8.22. The smallest absolute Gasteiger partial charge is 0.232 e. The lowest BCUT2D eigenvalue weighted by atomic mass is 10.0. The Kier molecular flexibility index (Phi) is 4.71. The summed E-state index contributed by atoms with van der Waals surface area (Å²) in [6.07, 6.45) is 0. The zero-order valence-electron chi connectivity index (χ0n) is 14.0. The zero-order valence-corrected chi connectivity index (χ0v) is 15.6. The highest BCUT2D eigenvalue weighted by Gasteiger charge is 2.39. The topological polar surface area (TPSA) is 76.3 Å². The molecule has 1 fully saturated rings. The van der Waals surface area contributed by atoms with Crippen LogP contribution in [0, 0.1) is 5.82 Å². The zero-order chi connectivity index (χ0) is 19.0. The Labute approximate surface area is 160 Å². The Morgan fingerprint density at radius 1 is 1.19 bits per heavy atom. The van der Waals surface area contributed by atoms with Gasteiger partial charge < -0.3 is 4.52 Å². The first kappa shape index (κ1) is 18.1. The van der Waals surface area contributed by atoms with Crippen molar-refractivity contribution in [2.75, 3.05) is 13.1 Å². The fraction of sp³-hybridized carbons (Fsp3) is 0.222. The van der Waals surface area contributed by atoms with Crippen molar-refractivity contribution in [2.45, 2.75) is 11.7 Å². The molecule has 0 unspecified atom stereocenters. The predicted octanol–water partition coefficient (Wildman–Crippen LogP) is 3.46. The number of benzene rings is 2. The minimum absolute atomic E-state index is 0.160. The van der Waals surface area contributed by atoms with Crippen molar-refractivity contribution < 1.29 is 17.3 Å². The molecule has 1 saturated heterocycles. The van der Waals surface area contributed by atoms with Crippen LogP contribution in [0.25, 0.3) is 11.4 Å². The summed E-state index contributed by atoms with van der Waals surface area (Å²) in [6.45, 7) is 0.518. The molecule has 27 heavy (non-hydrogen) atoms. The molecule has 9 heteroatoms. The van der Waals surface area contributed by atoms with Gasteiger partial charge in [0.2, 0.25) is 21.7 Å². The van der Waals surface area contributed by atoms with Crippen LogP contribution in [-0.2, 0) is 15.8 Å². The van der Waals surface area contributed by atoms with Crippen LogP contribution in [-0.4, -0.2) is 36.0 Å². The third-order valence-electron chi connectivity index (χ3n) is 4.35. The molecule has 3 aromatic rings. The molecule has 0 bridgehead atoms. The van der Waals surface area contributed by atoms with Crippen molar-refractivity contribution in [2.24, 2.45) is 0 Å². The molecule has 2 aromatic carbocycles. The van der Waals surface area contributed by atoms with E-state index in [-0.39, 0.29) is 24.8 Å². The Hall–Kier alpha value is -2.29. The SMILES string of the molecule is O=S(=O)(Cc1cccc(F)c1)N1CC(c2nc(-c3cccc(Cl)c3)no2)C1. The molecule has 6 nitrogen and oxygen atoms in total. The van der Waals surface area contributed by atoms with Crippen LogP contribution in [0.15, 0.2) is 53.1 Å². The second-order valence-electron chi connectivity index (χ2n) is 6.37. The molecule has 0 saturated carbocycles. The van der Waals surface area contributed by atoms with E-state index in [2.05, 4.69) is 10.1 Å². The van der Waals surface area contributed by atoms with Crippen molar-refractivity contribution in [3.05, 3.63) is 70.8 Å². The van der Waals surface area contributed by atoms with Crippen molar-refractivity contribution in [3.63, 3.8) is 0 Å². The first-order chi connectivity index (χ1) is 12.9. The van der Waals surface area contributed by atoms with Crippen LogP contribution in [0.3, 0.4) is 0 Å². The Balaban J connectivity index is 1.42. The number of hydrogen-bond donors (Lipinski definition) is 0. The maximum Gasteiger partial charge on any atom is 0.232 e. The van der Waals surface area contributed by atoms with Gasteiger partial charge in [0.05, 0.1) is 11.7 Å². The van der Waals surface area contributed by atoms with Gasteiger partial charge in [0.25, 0.3) is 0 Å². The molecule has 4 rings (SSSR count). The molecule has 1 aliphatic rings. The number of nitrogens with zero attached hydrogens (tertiary/aromatic N) is 3. The number of rotatable bonds is 5. The maximum absolute atomic E-state index is 13.2. The molecule has 0 N–H and O–H groups in total. The van der Waals surface area contributed by atoms with Gasteiger partial charge in [-0.15, -0.1) is 0 Å². The normalized spacial score (nSPS) is 15.6. The lowest BCUT2D eigenvalue weighted by Gasteiger charge is -2.35. The fourth-order valence-corrected chi connectivity index (χ4v) is 4.68. The minimum atomic E-state index is -3.53. The lowest BCUT2D eigenvalue weighted by molar-refractivity contribution is 0.216. The van der Waals surface area contributed by atoms with Crippen LogP contribution in [0.1, 0.15) is 17.4 Å². The van der Waals surface area contributed by atoms with Gasteiger partial charge in [0.1, 0.15) is 5.82 Å². The van der Waals surface area contributed by atoms with E-state index in [0.717, 1.165) is 5.56 Å². The van der Waals surface area contributed by atoms with Gasteiger partial charge in [-0.05, 0) is 29.8 Å². The van der Waals surface area contributed by atoms with E-state index in [4.69, 9.17) is 16.1 Å². The molecule has 0 aliphatic carbocycles. The highest BCUT2D eigenvalue weighted by atomic mass is 35.5. The van der Waals surface area contributed by atoms with Gasteiger partial charge >= 0.3 is 0 Å². The first-order valence-corrected chi connectivity index (χ1v) is 10.2. The summed E-state index contributed by atoms with van der Waals surface area (Å²) in [4.78, 5) is 4.35. The second kappa shape index (κ2) is 7.03. The summed E-state index contributed by atoms with van der Waals surface area (Å²) in [5.74, 6) is -0.0539. The van der Waals surface area contributed by atoms with Crippen LogP contribution in [0.2, 0.25) is 5.02 Å². The van der Waals surface area contributed by atoms with E-state index in [9.17, 15) is 12.8 Å². The summed E-state index contributed by atoms with van der Waals surface area (Å²) in [7, 11) is -3.53. The molecule has 0 atom stereocenters. The van der Waals surface area contributed by atoms with Gasteiger partial charge in [0, 0.05) is 23.7 Å². The Morgan fingerprint density at radius 3 is 2.70 bits per heavy atom. The number of aromatic nitrogens is 2. The highest BCUT2D eigenvalue weighted by molar-refractivity contribution is 7.88. The molecule has 140 valence electrons. The Morgan fingerprint density at radius 2 is 1.96 bits per heavy atom. The van der Waals surface area contributed by atoms with E-state index in [1.807, 2.05) is 6.07 Å². The highest BCUT2D eigenvalue weighted by Crippen LogP contribution is 2.31. The van der Waals surface area contributed by atoms with Crippen LogP contribution in [0.5, 0.6) is 0 Å². The van der Waals surface area contributed by atoms with Gasteiger partial charge in [-0.3, -0.25) is 0 Å². The molecule has 1 aliphatic heterocycles. The minimum Gasteiger partial charge on any atom is -0.339 e. The van der Waals surface area contributed by atoms with E-state index >= 15 is 0 Å². The van der Waals surface area contributed by atoms with Crippen molar-refractivity contribution in [1.82, 2.24) is 14.4 Å². The van der Waals surface area contributed by atoms with E-state index in [1.165, 1.54) is 22.5 Å². The van der Waals surface area contributed by atoms with Crippen LogP contribution < -0.4 is 0 Å². The average molecular weight is 408 g/mol. The molecular formula is C18H15ClFN3O3S. The largest absolute Gasteiger partial charge is 0.339 e. The quantitative estimate of drug-likeness (QED) is 0.647. The summed E-state index contributed by atoms with van der Waals surface area (Å²) in [5.41, 5.74) is 1.15. The number of hydrogen-bond acceptors (Lipinski definition) is 5. The van der Waals surface area contributed by atoms with Gasteiger partial charge in [-0.1, -0.05) is 41.0 Å².